The van der Waals surface area contributed by atoms with E-state index >= 15 is 0 Å². The molecule has 0 amide bonds. The number of nitrogens with zero attached hydrogens (tertiary/aromatic N) is 1. The van der Waals surface area contributed by atoms with Crippen molar-refractivity contribution in [1.29, 1.82) is 0 Å². The Labute approximate surface area is 82.3 Å². The summed E-state index contributed by atoms with van der Waals surface area (Å²) in [4.78, 5) is 2.43. The van der Waals surface area contributed by atoms with Gasteiger partial charge in [-0.3, -0.25) is 0 Å². The third kappa shape index (κ3) is 2.68. The van der Waals surface area contributed by atoms with E-state index in [4.69, 9.17) is 4.74 Å². The Bertz CT molecular complexity index is 148. The second kappa shape index (κ2) is 4.43. The largest absolute Gasteiger partial charge is 0.374 e. The lowest BCUT2D eigenvalue weighted by Gasteiger charge is -2.30. The molecule has 2 nitrogen and oxygen atoms in total. The summed E-state index contributed by atoms with van der Waals surface area (Å²) in [6.45, 7) is 9.96. The Hall–Kier alpha value is -0.0800. The normalized spacial score (nSPS) is 32.8. The van der Waals surface area contributed by atoms with Crippen LogP contribution < -0.4 is 0 Å². The molecular formula is C11H23NO. The number of rotatable bonds is 3. The van der Waals surface area contributed by atoms with Gasteiger partial charge in [0.2, 0.25) is 0 Å². The van der Waals surface area contributed by atoms with Gasteiger partial charge in [-0.2, -0.15) is 0 Å². The molecule has 1 rings (SSSR count). The van der Waals surface area contributed by atoms with Crippen molar-refractivity contribution in [3.63, 3.8) is 0 Å². The van der Waals surface area contributed by atoms with Crippen molar-refractivity contribution in [1.82, 2.24) is 4.90 Å². The van der Waals surface area contributed by atoms with Crippen LogP contribution in [-0.4, -0.2) is 36.7 Å². The second-order valence-electron chi connectivity index (χ2n) is 4.63. The van der Waals surface area contributed by atoms with Crippen LogP contribution in [0, 0.1) is 5.92 Å². The van der Waals surface area contributed by atoms with Crippen LogP contribution in [0.4, 0.5) is 0 Å². The topological polar surface area (TPSA) is 12.5 Å². The Morgan fingerprint density at radius 1 is 1.31 bits per heavy atom. The first-order valence-electron chi connectivity index (χ1n) is 5.38. The lowest BCUT2D eigenvalue weighted by Crippen LogP contribution is -2.40. The summed E-state index contributed by atoms with van der Waals surface area (Å²) in [6, 6.07) is 0.613. The first kappa shape index (κ1) is 11.0. The highest BCUT2D eigenvalue weighted by atomic mass is 16.5. The second-order valence-corrected chi connectivity index (χ2v) is 4.63. The molecule has 0 aromatic rings. The monoisotopic (exact) mass is 185 g/mol. The zero-order valence-corrected chi connectivity index (χ0v) is 9.58. The van der Waals surface area contributed by atoms with E-state index in [1.807, 2.05) is 0 Å². The number of likely N-dealkylation sites (tertiary alicyclic amines) is 1. The van der Waals surface area contributed by atoms with E-state index in [0.717, 1.165) is 5.92 Å². The van der Waals surface area contributed by atoms with E-state index < -0.39 is 0 Å². The maximum atomic E-state index is 5.83. The summed E-state index contributed by atoms with van der Waals surface area (Å²) in [5, 5.41) is 0. The zero-order valence-electron chi connectivity index (χ0n) is 9.58. The van der Waals surface area contributed by atoms with Crippen LogP contribution in [0.1, 0.15) is 34.1 Å². The number of hydrogen-bond acceptors (Lipinski definition) is 2. The first-order chi connectivity index (χ1) is 6.02. The molecule has 0 aromatic heterocycles. The zero-order chi connectivity index (χ0) is 10.0. The lowest BCUT2D eigenvalue weighted by molar-refractivity contribution is -0.0286. The summed E-state index contributed by atoms with van der Waals surface area (Å²) in [5.41, 5.74) is 0. The van der Waals surface area contributed by atoms with Crippen LogP contribution in [0.15, 0.2) is 0 Å². The standard InChI is InChI=1S/C11H23NO/c1-8(2)13-10(4)11-9(3)6-7-12(11)5/h8-11H,6-7H2,1-5H3/t9?,10-,11?/m0/s1. The van der Waals surface area contributed by atoms with Crippen LogP contribution in [-0.2, 0) is 4.74 Å². The Balaban J connectivity index is 2.48. The molecule has 0 radical (unpaired) electrons. The Morgan fingerprint density at radius 2 is 1.92 bits per heavy atom. The van der Waals surface area contributed by atoms with Gasteiger partial charge in [0.05, 0.1) is 12.2 Å². The summed E-state index contributed by atoms with van der Waals surface area (Å²) in [7, 11) is 2.20. The van der Waals surface area contributed by atoms with E-state index in [0.29, 0.717) is 18.2 Å². The molecule has 1 heterocycles. The molecule has 1 saturated heterocycles. The minimum absolute atomic E-state index is 0.344. The quantitative estimate of drug-likeness (QED) is 0.668. The molecule has 0 N–H and O–H groups in total. The van der Waals surface area contributed by atoms with E-state index in [2.05, 4.69) is 39.6 Å². The van der Waals surface area contributed by atoms with Crippen molar-refractivity contribution in [2.45, 2.75) is 52.4 Å². The summed E-state index contributed by atoms with van der Waals surface area (Å²) < 4.78 is 5.83. The number of hydrogen-bond donors (Lipinski definition) is 0. The Kier molecular flexibility index (Phi) is 3.74. The van der Waals surface area contributed by atoms with Gasteiger partial charge in [-0.25, -0.2) is 0 Å². The first-order valence-corrected chi connectivity index (χ1v) is 5.38. The predicted octanol–water partition coefficient (Wildman–Crippen LogP) is 2.14. The van der Waals surface area contributed by atoms with Gasteiger partial charge in [0.1, 0.15) is 0 Å². The summed E-state index contributed by atoms with van der Waals surface area (Å²) >= 11 is 0. The van der Waals surface area contributed by atoms with Gasteiger partial charge in [-0.15, -0.1) is 0 Å². The smallest absolute Gasteiger partial charge is 0.0708 e. The fourth-order valence-electron chi connectivity index (χ4n) is 2.49. The van der Waals surface area contributed by atoms with Crippen molar-refractivity contribution in [3.8, 4) is 0 Å². The van der Waals surface area contributed by atoms with Crippen LogP contribution >= 0.6 is 0 Å². The molecule has 1 fully saturated rings. The van der Waals surface area contributed by atoms with Crippen LogP contribution in [0.2, 0.25) is 0 Å². The van der Waals surface area contributed by atoms with E-state index in [1.165, 1.54) is 13.0 Å². The van der Waals surface area contributed by atoms with E-state index in [1.54, 1.807) is 0 Å². The molecule has 1 aliphatic rings. The average molecular weight is 185 g/mol. The minimum Gasteiger partial charge on any atom is -0.374 e. The van der Waals surface area contributed by atoms with Gasteiger partial charge in [-0.05, 0) is 46.7 Å². The maximum Gasteiger partial charge on any atom is 0.0708 e. The number of ether oxygens (including phenoxy) is 1. The van der Waals surface area contributed by atoms with E-state index in [-0.39, 0.29) is 0 Å². The van der Waals surface area contributed by atoms with Crippen molar-refractivity contribution in [2.75, 3.05) is 13.6 Å². The fraction of sp³-hybridized carbons (Fsp3) is 1.00. The molecule has 1 aliphatic heterocycles. The fourth-order valence-corrected chi connectivity index (χ4v) is 2.49. The van der Waals surface area contributed by atoms with Crippen LogP contribution in [0.5, 0.6) is 0 Å². The maximum absolute atomic E-state index is 5.83. The Morgan fingerprint density at radius 3 is 2.31 bits per heavy atom. The molecule has 13 heavy (non-hydrogen) atoms. The molecule has 0 aliphatic carbocycles. The predicted molar refractivity (Wildman–Crippen MR) is 55.9 cm³/mol. The molecule has 0 spiro atoms. The average Bonchev–Trinajstić information content (AvgIpc) is 2.29. The summed E-state index contributed by atoms with van der Waals surface area (Å²) in [6.07, 6.45) is 2.02. The van der Waals surface area contributed by atoms with Gasteiger partial charge in [0.15, 0.2) is 0 Å². The number of likely N-dealkylation sites (N-methyl/N-ethyl adjacent to an activating group) is 1. The SMILES string of the molecule is CC(C)O[C@@H](C)C1C(C)CCN1C. The molecule has 0 aromatic carbocycles. The highest BCUT2D eigenvalue weighted by molar-refractivity contribution is 4.87. The lowest BCUT2D eigenvalue weighted by atomic mass is 9.98. The van der Waals surface area contributed by atoms with Crippen molar-refractivity contribution in [3.05, 3.63) is 0 Å². The molecule has 2 unspecified atom stereocenters. The molecule has 2 heteroatoms. The van der Waals surface area contributed by atoms with Gasteiger partial charge in [-0.1, -0.05) is 6.92 Å². The van der Waals surface area contributed by atoms with Crippen molar-refractivity contribution in [2.24, 2.45) is 5.92 Å². The highest BCUT2D eigenvalue weighted by Crippen LogP contribution is 2.26. The molecule has 78 valence electrons. The van der Waals surface area contributed by atoms with Crippen molar-refractivity contribution >= 4 is 0 Å². The molecule has 3 atom stereocenters. The molecule has 0 bridgehead atoms. The van der Waals surface area contributed by atoms with Gasteiger partial charge in [0, 0.05) is 6.04 Å². The minimum atomic E-state index is 0.344. The van der Waals surface area contributed by atoms with Crippen LogP contribution in [0.3, 0.4) is 0 Å². The van der Waals surface area contributed by atoms with Crippen LogP contribution in [0.25, 0.3) is 0 Å². The summed E-state index contributed by atoms with van der Waals surface area (Å²) in [5.74, 6) is 0.777. The van der Waals surface area contributed by atoms with Gasteiger partial charge < -0.3 is 9.64 Å². The van der Waals surface area contributed by atoms with Gasteiger partial charge >= 0.3 is 0 Å². The molecule has 0 saturated carbocycles. The molecular weight excluding hydrogens is 162 g/mol. The van der Waals surface area contributed by atoms with E-state index in [9.17, 15) is 0 Å². The van der Waals surface area contributed by atoms with Gasteiger partial charge in [0.25, 0.3) is 0 Å². The highest BCUT2D eigenvalue weighted by Gasteiger charge is 2.33. The van der Waals surface area contributed by atoms with Crippen molar-refractivity contribution < 1.29 is 4.74 Å². The third-order valence-electron chi connectivity index (χ3n) is 3.00. The third-order valence-corrected chi connectivity index (χ3v) is 3.00.